The van der Waals surface area contributed by atoms with E-state index in [-0.39, 0.29) is 17.6 Å². The Balaban J connectivity index is 2.28. The maximum atomic E-state index is 13.2. The van der Waals surface area contributed by atoms with E-state index in [1.807, 2.05) is 0 Å². The molecule has 0 aliphatic carbocycles. The van der Waals surface area contributed by atoms with Crippen molar-refractivity contribution < 1.29 is 14.4 Å². The van der Waals surface area contributed by atoms with Crippen LogP contribution >= 0.6 is 0 Å². The third-order valence-corrected chi connectivity index (χ3v) is 3.14. The van der Waals surface area contributed by atoms with Crippen molar-refractivity contribution >= 4 is 17.4 Å². The van der Waals surface area contributed by atoms with Crippen LogP contribution in [0.2, 0.25) is 0 Å². The Morgan fingerprint density at radius 1 is 1.61 bits per heavy atom. The van der Waals surface area contributed by atoms with E-state index in [1.165, 1.54) is 17.0 Å². The average molecular weight is 251 g/mol. The van der Waals surface area contributed by atoms with Gasteiger partial charge in [0.05, 0.1) is 5.92 Å². The molecule has 1 aliphatic rings. The predicted octanol–water partition coefficient (Wildman–Crippen LogP) is 1.10. The number of benzene rings is 1. The summed E-state index contributed by atoms with van der Waals surface area (Å²) in [5.41, 5.74) is 6.91. The summed E-state index contributed by atoms with van der Waals surface area (Å²) in [4.78, 5) is 13.6. The van der Waals surface area contributed by atoms with Crippen LogP contribution in [0.25, 0.3) is 0 Å². The molecule has 1 heterocycles. The SMILES string of the molecule is CC(C(=O)N1CCc2ccc(F)cc21)/C(N)=N/O. The summed E-state index contributed by atoms with van der Waals surface area (Å²) in [6, 6.07) is 4.38. The fraction of sp³-hybridized carbons (Fsp3) is 0.333. The van der Waals surface area contributed by atoms with E-state index in [0.29, 0.717) is 18.7 Å². The maximum absolute atomic E-state index is 13.2. The first-order valence-corrected chi connectivity index (χ1v) is 5.62. The van der Waals surface area contributed by atoms with Gasteiger partial charge in [-0.3, -0.25) is 4.79 Å². The number of rotatable bonds is 2. The Morgan fingerprint density at radius 2 is 2.33 bits per heavy atom. The molecular formula is C12H14FN3O2. The summed E-state index contributed by atoms with van der Waals surface area (Å²) in [6.45, 7) is 2.04. The van der Waals surface area contributed by atoms with Crippen molar-refractivity contribution in [1.29, 1.82) is 0 Å². The van der Waals surface area contributed by atoms with Crippen LogP contribution in [0.1, 0.15) is 12.5 Å². The highest BCUT2D eigenvalue weighted by Crippen LogP contribution is 2.29. The van der Waals surface area contributed by atoms with E-state index in [2.05, 4.69) is 5.16 Å². The molecule has 1 atom stereocenters. The first-order chi connectivity index (χ1) is 8.54. The second-order valence-corrected chi connectivity index (χ2v) is 4.26. The zero-order chi connectivity index (χ0) is 13.3. The van der Waals surface area contributed by atoms with Crippen LogP contribution in [0.3, 0.4) is 0 Å². The minimum atomic E-state index is -0.732. The smallest absolute Gasteiger partial charge is 0.237 e. The average Bonchev–Trinajstić information content (AvgIpc) is 2.78. The fourth-order valence-corrected chi connectivity index (χ4v) is 2.03. The lowest BCUT2D eigenvalue weighted by molar-refractivity contribution is -0.120. The van der Waals surface area contributed by atoms with E-state index in [0.717, 1.165) is 5.56 Å². The highest BCUT2D eigenvalue weighted by atomic mass is 19.1. The number of amidine groups is 1. The standard InChI is InChI=1S/C12H14FN3O2/c1-7(11(14)15-18)12(17)16-5-4-8-2-3-9(13)6-10(8)16/h2-3,6-7,18H,4-5H2,1H3,(H2,14,15). The van der Waals surface area contributed by atoms with Crippen molar-refractivity contribution in [3.05, 3.63) is 29.6 Å². The first-order valence-electron chi connectivity index (χ1n) is 5.62. The molecule has 0 saturated heterocycles. The van der Waals surface area contributed by atoms with Gasteiger partial charge in [-0.25, -0.2) is 4.39 Å². The Hall–Kier alpha value is -2.11. The minimum absolute atomic E-state index is 0.148. The predicted molar refractivity (Wildman–Crippen MR) is 65.0 cm³/mol. The largest absolute Gasteiger partial charge is 0.409 e. The molecule has 0 saturated carbocycles. The molecule has 2 rings (SSSR count). The Labute approximate surface area is 104 Å². The van der Waals surface area contributed by atoms with E-state index in [4.69, 9.17) is 10.9 Å². The molecule has 0 aromatic heterocycles. The zero-order valence-electron chi connectivity index (χ0n) is 9.93. The van der Waals surface area contributed by atoms with Crippen LogP contribution in [0.5, 0.6) is 0 Å². The van der Waals surface area contributed by atoms with Gasteiger partial charge in [-0.2, -0.15) is 0 Å². The number of nitrogens with two attached hydrogens (primary N) is 1. The van der Waals surface area contributed by atoms with Gasteiger partial charge >= 0.3 is 0 Å². The van der Waals surface area contributed by atoms with Gasteiger partial charge in [0.2, 0.25) is 5.91 Å². The summed E-state index contributed by atoms with van der Waals surface area (Å²) in [5, 5.41) is 11.4. The molecule has 5 nitrogen and oxygen atoms in total. The summed E-state index contributed by atoms with van der Waals surface area (Å²) < 4.78 is 13.2. The van der Waals surface area contributed by atoms with Crippen molar-refractivity contribution in [1.82, 2.24) is 0 Å². The molecule has 1 aliphatic heterocycles. The van der Waals surface area contributed by atoms with E-state index < -0.39 is 5.92 Å². The van der Waals surface area contributed by atoms with Crippen LogP contribution in [0.15, 0.2) is 23.4 Å². The summed E-state index contributed by atoms with van der Waals surface area (Å²) in [7, 11) is 0. The number of amides is 1. The minimum Gasteiger partial charge on any atom is -0.409 e. The third-order valence-electron chi connectivity index (χ3n) is 3.14. The number of hydrogen-bond donors (Lipinski definition) is 2. The molecule has 0 bridgehead atoms. The molecular weight excluding hydrogens is 237 g/mol. The highest BCUT2D eigenvalue weighted by molar-refractivity contribution is 6.09. The molecule has 3 N–H and O–H groups in total. The first kappa shape index (κ1) is 12.3. The van der Waals surface area contributed by atoms with Crippen LogP contribution in [0.4, 0.5) is 10.1 Å². The van der Waals surface area contributed by atoms with Gasteiger partial charge in [-0.15, -0.1) is 0 Å². The molecule has 0 fully saturated rings. The Kier molecular flexibility index (Phi) is 3.18. The number of nitrogens with zero attached hydrogens (tertiary/aromatic N) is 2. The van der Waals surface area contributed by atoms with Gasteiger partial charge in [0.1, 0.15) is 5.82 Å². The quantitative estimate of drug-likeness (QED) is 0.357. The van der Waals surface area contributed by atoms with Crippen LogP contribution < -0.4 is 10.6 Å². The third kappa shape index (κ3) is 2.01. The molecule has 1 aromatic carbocycles. The number of hydrogen-bond acceptors (Lipinski definition) is 3. The molecule has 18 heavy (non-hydrogen) atoms. The van der Waals surface area contributed by atoms with Crippen molar-refractivity contribution in [2.75, 3.05) is 11.4 Å². The Bertz CT molecular complexity index is 516. The number of oxime groups is 1. The molecule has 0 radical (unpaired) electrons. The lowest BCUT2D eigenvalue weighted by Gasteiger charge is -2.20. The Morgan fingerprint density at radius 3 is 3.00 bits per heavy atom. The molecule has 1 unspecified atom stereocenters. The highest BCUT2D eigenvalue weighted by Gasteiger charge is 2.30. The van der Waals surface area contributed by atoms with Gasteiger partial charge < -0.3 is 15.8 Å². The zero-order valence-corrected chi connectivity index (χ0v) is 9.93. The number of halogens is 1. The van der Waals surface area contributed by atoms with Crippen molar-refractivity contribution in [2.24, 2.45) is 16.8 Å². The van der Waals surface area contributed by atoms with Gasteiger partial charge in [-0.1, -0.05) is 11.2 Å². The summed E-state index contributed by atoms with van der Waals surface area (Å²) in [5.74, 6) is -1.56. The lowest BCUT2D eigenvalue weighted by Crippen LogP contribution is -2.39. The maximum Gasteiger partial charge on any atom is 0.237 e. The van der Waals surface area contributed by atoms with Crippen molar-refractivity contribution in [3.63, 3.8) is 0 Å². The monoisotopic (exact) mass is 251 g/mol. The second-order valence-electron chi connectivity index (χ2n) is 4.26. The molecule has 96 valence electrons. The topological polar surface area (TPSA) is 78.9 Å². The van der Waals surface area contributed by atoms with E-state index >= 15 is 0 Å². The number of anilines is 1. The number of fused-ring (bicyclic) bond motifs is 1. The molecule has 1 amide bonds. The van der Waals surface area contributed by atoms with Crippen molar-refractivity contribution in [2.45, 2.75) is 13.3 Å². The number of carbonyl (C=O) groups excluding carboxylic acids is 1. The van der Waals surface area contributed by atoms with Gasteiger partial charge in [0, 0.05) is 12.2 Å². The summed E-state index contributed by atoms with van der Waals surface area (Å²) >= 11 is 0. The van der Waals surface area contributed by atoms with Crippen LogP contribution in [0, 0.1) is 11.7 Å². The molecule has 1 aromatic rings. The van der Waals surface area contributed by atoms with Crippen molar-refractivity contribution in [3.8, 4) is 0 Å². The van der Waals surface area contributed by atoms with Gasteiger partial charge in [0.15, 0.2) is 5.84 Å². The van der Waals surface area contributed by atoms with Gasteiger partial charge in [-0.05, 0) is 31.0 Å². The summed E-state index contributed by atoms with van der Waals surface area (Å²) in [6.07, 6.45) is 0.685. The van der Waals surface area contributed by atoms with E-state index in [9.17, 15) is 9.18 Å². The number of carbonyl (C=O) groups is 1. The van der Waals surface area contributed by atoms with Gasteiger partial charge in [0.25, 0.3) is 0 Å². The second kappa shape index (κ2) is 4.64. The normalized spacial score (nSPS) is 16.6. The fourth-order valence-electron chi connectivity index (χ4n) is 2.03. The van der Waals surface area contributed by atoms with Crippen LogP contribution in [-0.2, 0) is 11.2 Å². The molecule has 6 heteroatoms. The molecule has 0 spiro atoms. The van der Waals surface area contributed by atoms with Crippen LogP contribution in [-0.4, -0.2) is 23.5 Å². The lowest BCUT2D eigenvalue weighted by atomic mass is 10.1. The van der Waals surface area contributed by atoms with E-state index in [1.54, 1.807) is 13.0 Å².